The predicted octanol–water partition coefficient (Wildman–Crippen LogP) is 4.55. The number of nitrogens with zero attached hydrogens (tertiary/aromatic N) is 2. The first kappa shape index (κ1) is 19.4. The molecule has 0 aliphatic carbocycles. The van der Waals surface area contributed by atoms with Crippen LogP contribution in [0.2, 0.25) is 0 Å². The summed E-state index contributed by atoms with van der Waals surface area (Å²) in [6.07, 6.45) is 2.84. The lowest BCUT2D eigenvalue weighted by atomic mass is 9.77. The van der Waals surface area contributed by atoms with Crippen LogP contribution < -0.4 is 4.90 Å². The van der Waals surface area contributed by atoms with E-state index in [1.165, 1.54) is 35.1 Å². The fourth-order valence-electron chi connectivity index (χ4n) is 4.71. The second-order valence-corrected chi connectivity index (χ2v) is 8.69. The van der Waals surface area contributed by atoms with Crippen LogP contribution in [-0.2, 0) is 14.9 Å². The molecule has 1 unspecified atom stereocenters. The van der Waals surface area contributed by atoms with E-state index in [1.807, 2.05) is 14.1 Å². The molecule has 0 N–H and O–H groups in total. The molecule has 4 heteroatoms. The Balaban J connectivity index is 1.81. The first-order chi connectivity index (χ1) is 13.8. The van der Waals surface area contributed by atoms with Gasteiger partial charge in [-0.25, -0.2) is 0 Å². The Bertz CT molecular complexity index is 1010. The summed E-state index contributed by atoms with van der Waals surface area (Å²) in [6.45, 7) is 6.77. The van der Waals surface area contributed by atoms with Gasteiger partial charge in [0, 0.05) is 50.3 Å². The maximum absolute atomic E-state index is 11.7. The molecule has 2 aromatic carbocycles. The van der Waals surface area contributed by atoms with E-state index in [0.29, 0.717) is 6.54 Å². The zero-order valence-electron chi connectivity index (χ0n) is 17.9. The van der Waals surface area contributed by atoms with E-state index in [9.17, 15) is 4.79 Å². The smallest absolute Gasteiger partial charge is 0.303 e. The number of carbonyl (C=O) groups is 1. The van der Waals surface area contributed by atoms with Gasteiger partial charge in [0.25, 0.3) is 0 Å². The number of para-hydroxylation sites is 1. The van der Waals surface area contributed by atoms with Crippen molar-refractivity contribution in [1.82, 2.24) is 0 Å². The molecule has 150 valence electrons. The van der Waals surface area contributed by atoms with Gasteiger partial charge in [0.15, 0.2) is 18.4 Å². The maximum Gasteiger partial charge on any atom is 0.303 e. The van der Waals surface area contributed by atoms with Crippen LogP contribution in [0.1, 0.15) is 38.3 Å². The van der Waals surface area contributed by atoms with Crippen molar-refractivity contribution in [3.05, 3.63) is 65.2 Å². The van der Waals surface area contributed by atoms with Crippen LogP contribution in [-0.4, -0.2) is 43.0 Å². The average Bonchev–Trinajstić information content (AvgIpc) is 2.89. The molecule has 29 heavy (non-hydrogen) atoms. The maximum atomic E-state index is 11.7. The van der Waals surface area contributed by atoms with Crippen LogP contribution in [0.4, 0.5) is 11.4 Å². The lowest BCUT2D eigenvalue weighted by Gasteiger charge is -2.26. The molecule has 4 nitrogen and oxygen atoms in total. The minimum Gasteiger partial charge on any atom is -0.455 e. The number of carbonyl (C=O) groups excluding carboxylic acids is 1. The summed E-state index contributed by atoms with van der Waals surface area (Å²) < 4.78 is 8.01. The largest absolute Gasteiger partial charge is 0.455 e. The fourth-order valence-corrected chi connectivity index (χ4v) is 4.71. The molecular weight excluding hydrogens is 360 g/mol. The molecule has 0 saturated carbocycles. The summed E-state index contributed by atoms with van der Waals surface area (Å²) in [5.41, 5.74) is 7.35. The number of fused-ring (bicyclic) bond motifs is 2. The molecule has 0 radical (unpaired) electrons. The molecule has 0 fully saturated rings. The van der Waals surface area contributed by atoms with Crippen molar-refractivity contribution < 1.29 is 14.1 Å². The molecular formula is C25H29N2O2+. The van der Waals surface area contributed by atoms with Crippen molar-refractivity contribution in [3.63, 3.8) is 0 Å². The second-order valence-electron chi connectivity index (χ2n) is 8.69. The number of benzene rings is 2. The summed E-state index contributed by atoms with van der Waals surface area (Å²) in [5.74, 6) is -0.222. The van der Waals surface area contributed by atoms with E-state index in [2.05, 4.69) is 77.9 Å². The first-order valence-corrected chi connectivity index (χ1v) is 10.2. The van der Waals surface area contributed by atoms with Crippen LogP contribution in [0.3, 0.4) is 0 Å². The lowest BCUT2D eigenvalue weighted by molar-refractivity contribution is -0.453. The van der Waals surface area contributed by atoms with Gasteiger partial charge in [-0.3, -0.25) is 4.79 Å². The molecule has 4 rings (SSSR count). The van der Waals surface area contributed by atoms with Crippen molar-refractivity contribution >= 4 is 29.1 Å². The van der Waals surface area contributed by atoms with Gasteiger partial charge in [-0.2, -0.15) is 4.58 Å². The Kier molecular flexibility index (Phi) is 4.81. The number of hydrogen-bond acceptors (Lipinski definition) is 3. The molecule has 0 saturated heterocycles. The van der Waals surface area contributed by atoms with E-state index < -0.39 is 0 Å². The van der Waals surface area contributed by atoms with Gasteiger partial charge in [0.05, 0.1) is 5.41 Å². The van der Waals surface area contributed by atoms with Gasteiger partial charge < -0.3 is 9.64 Å². The highest BCUT2D eigenvalue weighted by Crippen LogP contribution is 2.44. The topological polar surface area (TPSA) is 32.5 Å². The number of hydrogen-bond donors (Lipinski definition) is 0. The Morgan fingerprint density at radius 2 is 1.83 bits per heavy atom. The van der Waals surface area contributed by atoms with Crippen LogP contribution in [0.25, 0.3) is 6.08 Å². The van der Waals surface area contributed by atoms with E-state index >= 15 is 0 Å². The van der Waals surface area contributed by atoms with Crippen LogP contribution >= 0.6 is 0 Å². The fraction of sp³-hybridized carbons (Fsp3) is 0.360. The number of rotatable bonds is 3. The molecule has 1 atom stereocenters. The number of esters is 1. The quantitative estimate of drug-likeness (QED) is 0.570. The molecule has 0 spiro atoms. The highest BCUT2D eigenvalue weighted by atomic mass is 16.5. The van der Waals surface area contributed by atoms with E-state index in [0.717, 1.165) is 12.0 Å². The summed E-state index contributed by atoms with van der Waals surface area (Å²) in [4.78, 5) is 13.8. The van der Waals surface area contributed by atoms with Gasteiger partial charge in [-0.05, 0) is 37.6 Å². The minimum atomic E-state index is -0.222. The van der Waals surface area contributed by atoms with Crippen molar-refractivity contribution in [2.24, 2.45) is 0 Å². The minimum absolute atomic E-state index is 0.0901. The Hall–Kier alpha value is -2.88. The normalized spacial score (nSPS) is 21.0. The van der Waals surface area contributed by atoms with Crippen LogP contribution in [0.15, 0.2) is 54.1 Å². The molecule has 0 aromatic heterocycles. The average molecular weight is 390 g/mol. The number of ether oxygens (including phenoxy) is 1. The third-order valence-corrected chi connectivity index (χ3v) is 5.95. The molecule has 0 amide bonds. The number of anilines is 1. The summed E-state index contributed by atoms with van der Waals surface area (Å²) in [7, 11) is 4.09. The van der Waals surface area contributed by atoms with Crippen molar-refractivity contribution in [2.75, 3.05) is 25.5 Å². The molecule has 2 aliphatic heterocycles. The first-order valence-electron chi connectivity index (χ1n) is 10.2. The summed E-state index contributed by atoms with van der Waals surface area (Å²) >= 11 is 0. The van der Waals surface area contributed by atoms with Gasteiger partial charge in [0.1, 0.15) is 0 Å². The van der Waals surface area contributed by atoms with Crippen molar-refractivity contribution in [2.45, 2.75) is 38.7 Å². The zero-order valence-corrected chi connectivity index (χ0v) is 17.9. The lowest BCUT2D eigenvalue weighted by Crippen LogP contribution is -2.40. The van der Waals surface area contributed by atoms with E-state index in [1.54, 1.807) is 0 Å². The van der Waals surface area contributed by atoms with Crippen molar-refractivity contribution in [3.8, 4) is 0 Å². The molecule has 0 bridgehead atoms. The predicted molar refractivity (Wildman–Crippen MR) is 118 cm³/mol. The van der Waals surface area contributed by atoms with Gasteiger partial charge in [-0.15, -0.1) is 0 Å². The third-order valence-electron chi connectivity index (χ3n) is 5.95. The summed E-state index contributed by atoms with van der Waals surface area (Å²) in [5, 5.41) is 0. The molecule has 2 aromatic rings. The van der Waals surface area contributed by atoms with Crippen molar-refractivity contribution in [1.29, 1.82) is 0 Å². The van der Waals surface area contributed by atoms with Crippen LogP contribution in [0.5, 0.6) is 0 Å². The molecule has 2 heterocycles. The highest BCUT2D eigenvalue weighted by Gasteiger charge is 2.50. The third kappa shape index (κ3) is 3.48. The SMILES string of the molecule is CC(=O)OC1CC(=Cc2ccc(N(C)C)cc2)C2=[N+](C1)c1ccccc1C2(C)C. The van der Waals surface area contributed by atoms with Crippen LogP contribution in [0, 0.1) is 0 Å². The Morgan fingerprint density at radius 1 is 1.14 bits per heavy atom. The summed E-state index contributed by atoms with van der Waals surface area (Å²) in [6, 6.07) is 17.1. The van der Waals surface area contributed by atoms with E-state index in [-0.39, 0.29) is 17.5 Å². The zero-order chi connectivity index (χ0) is 20.8. The highest BCUT2D eigenvalue weighted by molar-refractivity contribution is 6.10. The Labute approximate surface area is 173 Å². The Morgan fingerprint density at radius 3 is 2.48 bits per heavy atom. The monoisotopic (exact) mass is 389 g/mol. The van der Waals surface area contributed by atoms with E-state index in [4.69, 9.17) is 4.74 Å². The van der Waals surface area contributed by atoms with Gasteiger partial charge in [0.2, 0.25) is 5.69 Å². The van der Waals surface area contributed by atoms with Gasteiger partial charge in [-0.1, -0.05) is 30.3 Å². The molecule has 2 aliphatic rings. The standard InChI is InChI=1S/C25H29N2O2/c1-17(28)29-21-15-19(14-18-10-12-20(13-11-18)26(4)5)24-25(2,3)22-8-6-7-9-23(22)27(24)16-21/h6-14,21H,15-16H2,1-5H3/q+1. The second kappa shape index (κ2) is 7.18. The van der Waals surface area contributed by atoms with Gasteiger partial charge >= 0.3 is 5.97 Å².